The lowest BCUT2D eigenvalue weighted by atomic mass is 9.77. The first-order chi connectivity index (χ1) is 12.2. The maximum absolute atomic E-state index is 12.5. The molecule has 3 rings (SSSR count). The molecule has 0 unspecified atom stereocenters. The molecule has 1 aliphatic rings. The highest BCUT2D eigenvalue weighted by atomic mass is 16.3. The minimum absolute atomic E-state index is 0.0404. The molecule has 0 atom stereocenters. The monoisotopic (exact) mass is 355 g/mol. The molecule has 1 aliphatic carbocycles. The Bertz CT molecular complexity index is 848. The van der Waals surface area contributed by atoms with Crippen molar-refractivity contribution in [3.8, 4) is 11.1 Å². The van der Waals surface area contributed by atoms with E-state index >= 15 is 0 Å². The Morgan fingerprint density at radius 3 is 2.58 bits per heavy atom. The summed E-state index contributed by atoms with van der Waals surface area (Å²) in [7, 11) is 0. The summed E-state index contributed by atoms with van der Waals surface area (Å²) in [4.78, 5) is 24.7. The number of hydrogen-bond donors (Lipinski definition) is 2. The standard InChI is InChI=1S/C20H25N3O3/c1-13(2)19-16(14-7-5-4-6-8-14)9-18(25)23(22-19)12-17(24)21-15-10-20(3,26)11-15/h4-9,13,15,26H,10-12H2,1-3H3,(H,21,24)/t15-,20+. The van der Waals surface area contributed by atoms with Crippen LogP contribution < -0.4 is 10.9 Å². The Hall–Kier alpha value is -2.47. The zero-order chi connectivity index (χ0) is 18.9. The Balaban J connectivity index is 1.81. The topological polar surface area (TPSA) is 84.2 Å². The zero-order valence-electron chi connectivity index (χ0n) is 15.4. The summed E-state index contributed by atoms with van der Waals surface area (Å²) in [5, 5.41) is 17.1. The molecule has 6 heteroatoms. The molecule has 1 fully saturated rings. The van der Waals surface area contributed by atoms with Crippen LogP contribution in [0.1, 0.15) is 45.2 Å². The van der Waals surface area contributed by atoms with E-state index in [4.69, 9.17) is 0 Å². The second kappa shape index (κ2) is 7.03. The zero-order valence-corrected chi connectivity index (χ0v) is 15.4. The van der Waals surface area contributed by atoms with Crippen molar-refractivity contribution in [2.45, 2.75) is 57.7 Å². The summed E-state index contributed by atoms with van der Waals surface area (Å²) in [6, 6.07) is 11.2. The van der Waals surface area contributed by atoms with Gasteiger partial charge in [-0.1, -0.05) is 44.2 Å². The number of benzene rings is 1. The lowest BCUT2D eigenvalue weighted by Gasteiger charge is -2.41. The molecule has 26 heavy (non-hydrogen) atoms. The van der Waals surface area contributed by atoms with Gasteiger partial charge in [-0.2, -0.15) is 5.10 Å². The van der Waals surface area contributed by atoms with Crippen molar-refractivity contribution in [2.24, 2.45) is 0 Å². The third-order valence-electron chi connectivity index (χ3n) is 4.69. The van der Waals surface area contributed by atoms with Crippen LogP contribution in [0, 0.1) is 0 Å². The van der Waals surface area contributed by atoms with Crippen LogP contribution in [0.25, 0.3) is 11.1 Å². The van der Waals surface area contributed by atoms with Gasteiger partial charge in [-0.3, -0.25) is 9.59 Å². The van der Waals surface area contributed by atoms with Gasteiger partial charge in [0.05, 0.1) is 11.3 Å². The van der Waals surface area contributed by atoms with Crippen LogP contribution in [-0.4, -0.2) is 32.4 Å². The summed E-state index contributed by atoms with van der Waals surface area (Å²) in [5.74, 6) is -0.149. The molecule has 1 amide bonds. The van der Waals surface area contributed by atoms with Gasteiger partial charge in [0, 0.05) is 17.7 Å². The highest BCUT2D eigenvalue weighted by Crippen LogP contribution is 2.31. The number of aliphatic hydroxyl groups is 1. The van der Waals surface area contributed by atoms with Crippen LogP contribution in [0.2, 0.25) is 0 Å². The minimum atomic E-state index is -0.699. The van der Waals surface area contributed by atoms with Crippen molar-refractivity contribution in [1.82, 2.24) is 15.1 Å². The first-order valence-electron chi connectivity index (χ1n) is 8.94. The van der Waals surface area contributed by atoms with Gasteiger partial charge in [-0.25, -0.2) is 4.68 Å². The summed E-state index contributed by atoms with van der Waals surface area (Å²) in [6.45, 7) is 5.66. The van der Waals surface area contributed by atoms with Crippen molar-refractivity contribution < 1.29 is 9.90 Å². The van der Waals surface area contributed by atoms with Gasteiger partial charge in [0.25, 0.3) is 5.56 Å². The van der Waals surface area contributed by atoms with Gasteiger partial charge in [-0.05, 0) is 31.2 Å². The van der Waals surface area contributed by atoms with Crippen molar-refractivity contribution in [3.05, 3.63) is 52.4 Å². The molecule has 0 spiro atoms. The van der Waals surface area contributed by atoms with Gasteiger partial charge < -0.3 is 10.4 Å². The van der Waals surface area contributed by atoms with E-state index < -0.39 is 5.60 Å². The molecule has 0 radical (unpaired) electrons. The Morgan fingerprint density at radius 1 is 1.35 bits per heavy atom. The lowest BCUT2D eigenvalue weighted by Crippen LogP contribution is -2.54. The number of nitrogens with one attached hydrogen (secondary N) is 1. The van der Waals surface area contributed by atoms with E-state index in [1.807, 2.05) is 44.2 Å². The van der Waals surface area contributed by atoms with E-state index in [1.54, 1.807) is 13.0 Å². The number of carbonyl (C=O) groups excluding carboxylic acids is 1. The molecule has 0 bridgehead atoms. The van der Waals surface area contributed by atoms with Crippen LogP contribution in [0.4, 0.5) is 0 Å². The number of hydrogen-bond acceptors (Lipinski definition) is 4. The third kappa shape index (κ3) is 4.02. The number of aromatic nitrogens is 2. The molecule has 1 aromatic heterocycles. The molecule has 1 saturated carbocycles. The van der Waals surface area contributed by atoms with Crippen molar-refractivity contribution >= 4 is 5.91 Å². The molecule has 1 heterocycles. The molecule has 0 aliphatic heterocycles. The van der Waals surface area contributed by atoms with Crippen molar-refractivity contribution in [2.75, 3.05) is 0 Å². The first-order valence-corrected chi connectivity index (χ1v) is 8.94. The van der Waals surface area contributed by atoms with Crippen LogP contribution in [0.3, 0.4) is 0 Å². The quantitative estimate of drug-likeness (QED) is 0.860. The highest BCUT2D eigenvalue weighted by molar-refractivity contribution is 5.76. The number of rotatable bonds is 5. The fourth-order valence-electron chi connectivity index (χ4n) is 3.41. The maximum atomic E-state index is 12.5. The molecule has 1 aromatic carbocycles. The van der Waals surface area contributed by atoms with Gasteiger partial charge in [0.15, 0.2) is 0 Å². The van der Waals surface area contributed by atoms with Gasteiger partial charge in [-0.15, -0.1) is 0 Å². The fourth-order valence-corrected chi connectivity index (χ4v) is 3.41. The van der Waals surface area contributed by atoms with E-state index in [0.717, 1.165) is 16.8 Å². The van der Waals surface area contributed by atoms with Crippen LogP contribution in [0.5, 0.6) is 0 Å². The summed E-state index contributed by atoms with van der Waals surface area (Å²) in [6.07, 6.45) is 1.07. The predicted octanol–water partition coefficient (Wildman–Crippen LogP) is 2.06. The van der Waals surface area contributed by atoms with Crippen molar-refractivity contribution in [1.29, 1.82) is 0 Å². The van der Waals surface area contributed by atoms with E-state index in [9.17, 15) is 14.7 Å². The van der Waals surface area contributed by atoms with Gasteiger partial charge >= 0.3 is 0 Å². The largest absolute Gasteiger partial charge is 0.390 e. The van der Waals surface area contributed by atoms with E-state index in [2.05, 4.69) is 10.4 Å². The summed E-state index contributed by atoms with van der Waals surface area (Å²) >= 11 is 0. The minimum Gasteiger partial charge on any atom is -0.390 e. The lowest BCUT2D eigenvalue weighted by molar-refractivity contribution is -0.125. The molecule has 0 saturated heterocycles. The molecule has 6 nitrogen and oxygen atoms in total. The number of amides is 1. The van der Waals surface area contributed by atoms with E-state index in [1.165, 1.54) is 4.68 Å². The molecular formula is C20H25N3O3. The molecular weight excluding hydrogens is 330 g/mol. The molecule has 138 valence electrons. The molecule has 2 aromatic rings. The van der Waals surface area contributed by atoms with E-state index in [0.29, 0.717) is 12.8 Å². The fraction of sp³-hybridized carbons (Fsp3) is 0.450. The summed E-state index contributed by atoms with van der Waals surface area (Å²) in [5.41, 5.74) is 1.53. The van der Waals surface area contributed by atoms with Crippen LogP contribution in [-0.2, 0) is 11.3 Å². The Labute approximate surface area is 152 Å². The van der Waals surface area contributed by atoms with Gasteiger partial charge in [0.2, 0.25) is 5.91 Å². The van der Waals surface area contributed by atoms with E-state index in [-0.39, 0.29) is 30.0 Å². The second-order valence-corrected chi connectivity index (χ2v) is 7.63. The number of nitrogens with zero attached hydrogens (tertiary/aromatic N) is 2. The predicted molar refractivity (Wildman–Crippen MR) is 99.8 cm³/mol. The third-order valence-corrected chi connectivity index (χ3v) is 4.69. The normalized spacial score (nSPS) is 22.1. The van der Waals surface area contributed by atoms with Crippen LogP contribution >= 0.6 is 0 Å². The molecule has 2 N–H and O–H groups in total. The second-order valence-electron chi connectivity index (χ2n) is 7.63. The Morgan fingerprint density at radius 2 is 2.00 bits per heavy atom. The average molecular weight is 355 g/mol. The van der Waals surface area contributed by atoms with Crippen LogP contribution in [0.15, 0.2) is 41.2 Å². The van der Waals surface area contributed by atoms with Crippen molar-refractivity contribution in [3.63, 3.8) is 0 Å². The first kappa shape index (κ1) is 18.3. The maximum Gasteiger partial charge on any atom is 0.267 e. The SMILES string of the molecule is CC(C)c1nn(CC(=O)N[C@H]2C[C@@](C)(O)C2)c(=O)cc1-c1ccccc1. The number of carbonyl (C=O) groups is 1. The summed E-state index contributed by atoms with van der Waals surface area (Å²) < 4.78 is 1.22. The Kier molecular flexibility index (Phi) is 4.96. The average Bonchev–Trinajstić information content (AvgIpc) is 2.55. The highest BCUT2D eigenvalue weighted by Gasteiger charge is 2.39. The van der Waals surface area contributed by atoms with Gasteiger partial charge in [0.1, 0.15) is 6.54 Å². The smallest absolute Gasteiger partial charge is 0.267 e.